The Bertz CT molecular complexity index is 484. The highest BCUT2D eigenvalue weighted by molar-refractivity contribution is 5.79. The van der Waals surface area contributed by atoms with Gasteiger partial charge in [0.05, 0.1) is 0 Å². The van der Waals surface area contributed by atoms with Gasteiger partial charge in [-0.2, -0.15) is 0 Å². The number of alkyl halides is 3. The van der Waals surface area contributed by atoms with Crippen LogP contribution in [0, 0.1) is 5.92 Å². The van der Waals surface area contributed by atoms with Crippen molar-refractivity contribution in [3.8, 4) is 5.75 Å². The molecule has 0 saturated heterocycles. The molecule has 1 amide bonds. The van der Waals surface area contributed by atoms with Crippen molar-refractivity contribution < 1.29 is 22.7 Å². The van der Waals surface area contributed by atoms with Crippen LogP contribution in [0.2, 0.25) is 0 Å². The molecule has 1 aromatic carbocycles. The van der Waals surface area contributed by atoms with Crippen molar-refractivity contribution in [2.24, 2.45) is 5.92 Å². The zero-order valence-corrected chi connectivity index (χ0v) is 11.1. The Morgan fingerprint density at radius 3 is 2.55 bits per heavy atom. The molecule has 0 unspecified atom stereocenters. The number of carbonyl (C=O) groups excluding carboxylic acids is 1. The number of amides is 1. The van der Waals surface area contributed by atoms with Crippen LogP contribution in [0.5, 0.6) is 5.75 Å². The third kappa shape index (κ3) is 3.65. The van der Waals surface area contributed by atoms with E-state index < -0.39 is 6.36 Å². The topological polar surface area (TPSA) is 29.5 Å². The maximum Gasteiger partial charge on any atom is 0.573 e. The number of hydrogen-bond donors (Lipinski definition) is 0. The van der Waals surface area contributed by atoms with Crippen molar-refractivity contribution in [2.75, 3.05) is 7.05 Å². The average molecular weight is 287 g/mol. The van der Waals surface area contributed by atoms with E-state index in [0.717, 1.165) is 19.3 Å². The number of hydrogen-bond acceptors (Lipinski definition) is 2. The molecule has 3 nitrogen and oxygen atoms in total. The van der Waals surface area contributed by atoms with Crippen molar-refractivity contribution in [3.05, 3.63) is 29.8 Å². The third-order valence-electron chi connectivity index (χ3n) is 3.44. The van der Waals surface area contributed by atoms with Crippen molar-refractivity contribution in [3.63, 3.8) is 0 Å². The Balaban J connectivity index is 2.06. The highest BCUT2D eigenvalue weighted by Crippen LogP contribution is 2.30. The van der Waals surface area contributed by atoms with Gasteiger partial charge in [-0.05, 0) is 18.9 Å². The molecular formula is C14H16F3NO2. The van der Waals surface area contributed by atoms with E-state index in [1.54, 1.807) is 13.1 Å². The lowest BCUT2D eigenvalue weighted by atomic mass is 9.84. The van der Waals surface area contributed by atoms with Crippen molar-refractivity contribution in [2.45, 2.75) is 32.2 Å². The Kier molecular flexibility index (Phi) is 4.20. The summed E-state index contributed by atoms with van der Waals surface area (Å²) in [6, 6.07) is 5.88. The van der Waals surface area contributed by atoms with Crippen LogP contribution in [0.4, 0.5) is 13.2 Å². The number of benzene rings is 1. The summed E-state index contributed by atoms with van der Waals surface area (Å²) in [5, 5.41) is 0. The molecule has 0 radical (unpaired) electrons. The molecular weight excluding hydrogens is 271 g/mol. The standard InChI is InChI=1S/C14H16F3NO2/c1-18(13(19)10-6-4-7-10)9-11-5-2-3-8-12(11)20-14(15,16)17/h2-3,5,8,10H,4,6-7,9H2,1H3. The van der Waals surface area contributed by atoms with Crippen LogP contribution in [-0.2, 0) is 11.3 Å². The van der Waals surface area contributed by atoms with Crippen molar-refractivity contribution in [1.82, 2.24) is 4.90 Å². The fraction of sp³-hybridized carbons (Fsp3) is 0.500. The van der Waals surface area contributed by atoms with Crippen LogP contribution < -0.4 is 4.74 Å². The van der Waals surface area contributed by atoms with Crippen LogP contribution in [0.15, 0.2) is 24.3 Å². The molecule has 2 rings (SSSR count). The highest BCUT2D eigenvalue weighted by atomic mass is 19.4. The minimum atomic E-state index is -4.73. The van der Waals surface area contributed by atoms with E-state index in [1.807, 2.05) is 0 Å². The van der Waals surface area contributed by atoms with Crippen LogP contribution in [0.3, 0.4) is 0 Å². The molecule has 110 valence electrons. The summed E-state index contributed by atoms with van der Waals surface area (Å²) < 4.78 is 40.9. The predicted molar refractivity (Wildman–Crippen MR) is 66.9 cm³/mol. The summed E-state index contributed by atoms with van der Waals surface area (Å²) in [6.45, 7) is 0.113. The number of carbonyl (C=O) groups is 1. The van der Waals surface area contributed by atoms with Crippen molar-refractivity contribution in [1.29, 1.82) is 0 Å². The number of rotatable bonds is 4. The molecule has 0 bridgehead atoms. The molecule has 1 aromatic rings. The van der Waals surface area contributed by atoms with Gasteiger partial charge < -0.3 is 9.64 Å². The van der Waals surface area contributed by atoms with E-state index in [-0.39, 0.29) is 24.1 Å². The molecule has 0 atom stereocenters. The van der Waals surface area contributed by atoms with Gasteiger partial charge in [0.2, 0.25) is 5.91 Å². The van der Waals surface area contributed by atoms with Crippen LogP contribution in [-0.4, -0.2) is 24.2 Å². The van der Waals surface area contributed by atoms with Gasteiger partial charge in [0.15, 0.2) is 0 Å². The summed E-state index contributed by atoms with van der Waals surface area (Å²) in [5.41, 5.74) is 0.347. The molecule has 1 fully saturated rings. The van der Waals surface area contributed by atoms with Gasteiger partial charge in [-0.25, -0.2) is 0 Å². The zero-order valence-electron chi connectivity index (χ0n) is 11.1. The lowest BCUT2D eigenvalue weighted by Crippen LogP contribution is -2.35. The number of nitrogens with zero attached hydrogens (tertiary/aromatic N) is 1. The second-order valence-corrected chi connectivity index (χ2v) is 4.98. The average Bonchev–Trinajstić information content (AvgIpc) is 2.27. The van der Waals surface area contributed by atoms with E-state index in [9.17, 15) is 18.0 Å². The van der Waals surface area contributed by atoms with E-state index >= 15 is 0 Å². The van der Waals surface area contributed by atoms with Gasteiger partial charge in [-0.15, -0.1) is 13.2 Å². The van der Waals surface area contributed by atoms with Gasteiger partial charge in [-0.1, -0.05) is 24.6 Å². The van der Waals surface area contributed by atoms with Crippen LogP contribution in [0.1, 0.15) is 24.8 Å². The fourth-order valence-electron chi connectivity index (χ4n) is 2.16. The maximum atomic E-state index is 12.3. The minimum Gasteiger partial charge on any atom is -0.405 e. The predicted octanol–water partition coefficient (Wildman–Crippen LogP) is 3.34. The second kappa shape index (κ2) is 5.73. The number of ether oxygens (including phenoxy) is 1. The van der Waals surface area contributed by atoms with Gasteiger partial charge in [0.25, 0.3) is 0 Å². The molecule has 0 aromatic heterocycles. The van der Waals surface area contributed by atoms with Crippen molar-refractivity contribution >= 4 is 5.91 Å². The molecule has 0 heterocycles. The van der Waals surface area contributed by atoms with Crippen LogP contribution >= 0.6 is 0 Å². The van der Waals surface area contributed by atoms with E-state index in [2.05, 4.69) is 4.74 Å². The fourth-order valence-corrected chi connectivity index (χ4v) is 2.16. The second-order valence-electron chi connectivity index (χ2n) is 4.98. The summed E-state index contributed by atoms with van der Waals surface area (Å²) in [7, 11) is 1.60. The minimum absolute atomic E-state index is 0.0157. The maximum absolute atomic E-state index is 12.3. The van der Waals surface area contributed by atoms with Gasteiger partial charge in [-0.3, -0.25) is 4.79 Å². The summed E-state index contributed by atoms with van der Waals surface area (Å²) in [4.78, 5) is 13.4. The first kappa shape index (κ1) is 14.7. The lowest BCUT2D eigenvalue weighted by Gasteiger charge is -2.29. The lowest BCUT2D eigenvalue weighted by molar-refractivity contribution is -0.275. The molecule has 0 N–H and O–H groups in total. The first-order valence-corrected chi connectivity index (χ1v) is 6.45. The Morgan fingerprint density at radius 2 is 2.00 bits per heavy atom. The largest absolute Gasteiger partial charge is 0.573 e. The van der Waals surface area contributed by atoms with Gasteiger partial charge in [0.1, 0.15) is 5.75 Å². The van der Waals surface area contributed by atoms with E-state index in [0.29, 0.717) is 5.56 Å². The molecule has 20 heavy (non-hydrogen) atoms. The SMILES string of the molecule is CN(Cc1ccccc1OC(F)(F)F)C(=O)C1CCC1. The molecule has 6 heteroatoms. The Morgan fingerprint density at radius 1 is 1.35 bits per heavy atom. The summed E-state index contributed by atoms with van der Waals surface area (Å²) >= 11 is 0. The molecule has 1 aliphatic carbocycles. The smallest absolute Gasteiger partial charge is 0.405 e. The summed E-state index contributed by atoms with van der Waals surface area (Å²) in [6.07, 6.45) is -1.96. The molecule has 0 spiro atoms. The zero-order chi connectivity index (χ0) is 14.8. The summed E-state index contributed by atoms with van der Waals surface area (Å²) in [5.74, 6) is -0.248. The van der Waals surface area contributed by atoms with Gasteiger partial charge in [0, 0.05) is 25.1 Å². The van der Waals surface area contributed by atoms with E-state index in [4.69, 9.17) is 0 Å². The van der Waals surface area contributed by atoms with Gasteiger partial charge >= 0.3 is 6.36 Å². The Labute approximate surface area is 115 Å². The first-order valence-electron chi connectivity index (χ1n) is 6.45. The molecule has 1 saturated carbocycles. The highest BCUT2D eigenvalue weighted by Gasteiger charge is 2.32. The normalized spacial score (nSPS) is 15.6. The number of halogens is 3. The Hall–Kier alpha value is -1.72. The molecule has 0 aliphatic heterocycles. The number of para-hydroxylation sites is 1. The van der Waals surface area contributed by atoms with E-state index in [1.165, 1.54) is 23.1 Å². The third-order valence-corrected chi connectivity index (χ3v) is 3.44. The first-order chi connectivity index (χ1) is 9.37. The molecule has 1 aliphatic rings. The monoisotopic (exact) mass is 287 g/mol. The quantitative estimate of drug-likeness (QED) is 0.850. The van der Waals surface area contributed by atoms with Crippen LogP contribution in [0.25, 0.3) is 0 Å².